The largest absolute Gasteiger partial charge is 0.338 e. The molecule has 0 spiro atoms. The van der Waals surface area contributed by atoms with Gasteiger partial charge in [0.1, 0.15) is 5.75 Å². The van der Waals surface area contributed by atoms with Crippen molar-refractivity contribution in [3.63, 3.8) is 0 Å². The standard InChI is InChI=1S/C11H12N2O3S/c1-17(14,15)8-11-12-10(13-16-11)7-9-5-3-2-4-6-9/h2-6H,7-8H2,1H3. The van der Waals surface area contributed by atoms with Gasteiger partial charge in [-0.05, 0) is 5.56 Å². The van der Waals surface area contributed by atoms with Crippen LogP contribution in [0, 0.1) is 0 Å². The van der Waals surface area contributed by atoms with Crippen molar-refractivity contribution in [2.45, 2.75) is 12.2 Å². The average molecular weight is 252 g/mol. The van der Waals surface area contributed by atoms with Crippen molar-refractivity contribution in [3.8, 4) is 0 Å². The van der Waals surface area contributed by atoms with Crippen molar-refractivity contribution in [2.24, 2.45) is 0 Å². The molecule has 0 bridgehead atoms. The fourth-order valence-electron chi connectivity index (χ4n) is 1.42. The highest BCUT2D eigenvalue weighted by Gasteiger charge is 2.12. The topological polar surface area (TPSA) is 73.1 Å². The van der Waals surface area contributed by atoms with Crippen LogP contribution < -0.4 is 0 Å². The molecule has 2 aromatic rings. The van der Waals surface area contributed by atoms with E-state index in [1.165, 1.54) is 0 Å². The molecule has 17 heavy (non-hydrogen) atoms. The number of hydrogen-bond acceptors (Lipinski definition) is 5. The van der Waals surface area contributed by atoms with Crippen molar-refractivity contribution in [1.82, 2.24) is 10.1 Å². The van der Waals surface area contributed by atoms with Crippen molar-refractivity contribution in [3.05, 3.63) is 47.6 Å². The van der Waals surface area contributed by atoms with Crippen LogP contribution in [-0.2, 0) is 22.0 Å². The molecule has 1 aromatic heterocycles. The average Bonchev–Trinajstić information content (AvgIpc) is 2.64. The maximum Gasteiger partial charge on any atom is 0.241 e. The smallest absolute Gasteiger partial charge is 0.241 e. The van der Waals surface area contributed by atoms with E-state index in [1.807, 2.05) is 30.3 Å². The zero-order chi connectivity index (χ0) is 12.3. The minimum atomic E-state index is -3.13. The molecule has 0 N–H and O–H groups in total. The minimum Gasteiger partial charge on any atom is -0.338 e. The maximum absolute atomic E-state index is 11.0. The molecule has 0 radical (unpaired) electrons. The molecule has 0 saturated heterocycles. The number of benzene rings is 1. The normalized spacial score (nSPS) is 11.6. The highest BCUT2D eigenvalue weighted by atomic mass is 32.2. The Bertz CT molecular complexity index is 590. The summed E-state index contributed by atoms with van der Waals surface area (Å²) in [6.45, 7) is 0. The number of aromatic nitrogens is 2. The van der Waals surface area contributed by atoms with Crippen LogP contribution in [0.5, 0.6) is 0 Å². The van der Waals surface area contributed by atoms with E-state index in [4.69, 9.17) is 4.52 Å². The Morgan fingerprint density at radius 3 is 2.59 bits per heavy atom. The fourth-order valence-corrected chi connectivity index (χ4v) is 1.99. The van der Waals surface area contributed by atoms with Gasteiger partial charge in [-0.25, -0.2) is 8.42 Å². The Kier molecular flexibility index (Phi) is 3.23. The third-order valence-electron chi connectivity index (χ3n) is 2.10. The quantitative estimate of drug-likeness (QED) is 0.817. The number of rotatable bonds is 4. The molecule has 0 saturated carbocycles. The maximum atomic E-state index is 11.0. The molecule has 5 nitrogen and oxygen atoms in total. The van der Waals surface area contributed by atoms with Crippen LogP contribution in [0.15, 0.2) is 34.9 Å². The molecule has 0 unspecified atom stereocenters. The molecule has 6 heteroatoms. The third kappa shape index (κ3) is 3.67. The first-order valence-electron chi connectivity index (χ1n) is 5.06. The number of sulfone groups is 1. The van der Waals surface area contributed by atoms with Gasteiger partial charge in [0.15, 0.2) is 15.7 Å². The van der Waals surface area contributed by atoms with Crippen molar-refractivity contribution in [1.29, 1.82) is 0 Å². The van der Waals surface area contributed by atoms with Crippen LogP contribution in [0.4, 0.5) is 0 Å². The van der Waals surface area contributed by atoms with Crippen LogP contribution >= 0.6 is 0 Å². The van der Waals surface area contributed by atoms with Crippen LogP contribution in [0.2, 0.25) is 0 Å². The Hall–Kier alpha value is -1.69. The Morgan fingerprint density at radius 1 is 1.24 bits per heavy atom. The van der Waals surface area contributed by atoms with E-state index in [0.717, 1.165) is 11.8 Å². The summed E-state index contributed by atoms with van der Waals surface area (Å²) in [6.07, 6.45) is 1.67. The second-order valence-electron chi connectivity index (χ2n) is 3.84. The summed E-state index contributed by atoms with van der Waals surface area (Å²) in [6, 6.07) is 9.67. The van der Waals surface area contributed by atoms with E-state index in [-0.39, 0.29) is 11.6 Å². The summed E-state index contributed by atoms with van der Waals surface area (Å²) in [5.74, 6) is 0.419. The highest BCUT2D eigenvalue weighted by Crippen LogP contribution is 2.08. The van der Waals surface area contributed by atoms with Gasteiger partial charge >= 0.3 is 0 Å². The molecule has 0 aliphatic rings. The van der Waals surface area contributed by atoms with E-state index in [0.29, 0.717) is 12.2 Å². The zero-order valence-corrected chi connectivity index (χ0v) is 10.1. The van der Waals surface area contributed by atoms with Crippen LogP contribution in [0.25, 0.3) is 0 Å². The van der Waals surface area contributed by atoms with E-state index in [9.17, 15) is 8.42 Å². The minimum absolute atomic E-state index is 0.137. The summed E-state index contributed by atoms with van der Waals surface area (Å²) in [5.41, 5.74) is 1.05. The van der Waals surface area contributed by atoms with Crippen molar-refractivity contribution < 1.29 is 12.9 Å². The third-order valence-corrected chi connectivity index (χ3v) is 2.87. The predicted octanol–water partition coefficient (Wildman–Crippen LogP) is 1.21. The second-order valence-corrected chi connectivity index (χ2v) is 5.98. The molecule has 0 atom stereocenters. The summed E-state index contributed by atoms with van der Waals surface area (Å²) in [4.78, 5) is 4.03. The molecular weight excluding hydrogens is 240 g/mol. The first-order valence-corrected chi connectivity index (χ1v) is 7.12. The highest BCUT2D eigenvalue weighted by molar-refractivity contribution is 7.89. The predicted molar refractivity (Wildman–Crippen MR) is 62.1 cm³/mol. The van der Waals surface area contributed by atoms with Crippen molar-refractivity contribution in [2.75, 3.05) is 6.26 Å². The summed E-state index contributed by atoms with van der Waals surface area (Å²) < 4.78 is 27.0. The molecule has 0 fully saturated rings. The van der Waals surface area contributed by atoms with Gasteiger partial charge in [0.2, 0.25) is 5.89 Å². The van der Waals surface area contributed by atoms with E-state index in [2.05, 4.69) is 10.1 Å². The first kappa shape index (κ1) is 11.8. The van der Waals surface area contributed by atoms with Crippen LogP contribution in [-0.4, -0.2) is 24.8 Å². The molecule has 0 aliphatic heterocycles. The molecule has 0 aliphatic carbocycles. The van der Waals surface area contributed by atoms with Gasteiger partial charge in [0.25, 0.3) is 0 Å². The van der Waals surface area contributed by atoms with Gasteiger partial charge in [0.05, 0.1) is 0 Å². The van der Waals surface area contributed by atoms with Gasteiger partial charge < -0.3 is 4.52 Å². The SMILES string of the molecule is CS(=O)(=O)Cc1nc(Cc2ccccc2)no1. The lowest BCUT2D eigenvalue weighted by molar-refractivity contribution is 0.383. The molecule has 2 rings (SSSR count). The number of nitrogens with zero attached hydrogens (tertiary/aromatic N) is 2. The lowest BCUT2D eigenvalue weighted by Crippen LogP contribution is -2.01. The summed E-state index contributed by atoms with van der Waals surface area (Å²) in [5, 5.41) is 3.75. The molecule has 90 valence electrons. The number of hydrogen-bond donors (Lipinski definition) is 0. The second kappa shape index (κ2) is 4.67. The Balaban J connectivity index is 2.09. The van der Waals surface area contributed by atoms with Crippen LogP contribution in [0.3, 0.4) is 0 Å². The van der Waals surface area contributed by atoms with E-state index >= 15 is 0 Å². The van der Waals surface area contributed by atoms with E-state index < -0.39 is 9.84 Å². The molecule has 0 amide bonds. The first-order chi connectivity index (χ1) is 8.03. The molecular formula is C11H12N2O3S. The van der Waals surface area contributed by atoms with Gasteiger partial charge in [-0.2, -0.15) is 4.98 Å². The monoisotopic (exact) mass is 252 g/mol. The van der Waals surface area contributed by atoms with Gasteiger partial charge in [-0.3, -0.25) is 0 Å². The van der Waals surface area contributed by atoms with Crippen LogP contribution in [0.1, 0.15) is 17.3 Å². The van der Waals surface area contributed by atoms with Crippen molar-refractivity contribution >= 4 is 9.84 Å². The lowest BCUT2D eigenvalue weighted by Gasteiger charge is -1.94. The Labute approximate surface area is 99.4 Å². The fraction of sp³-hybridized carbons (Fsp3) is 0.273. The lowest BCUT2D eigenvalue weighted by atomic mass is 10.1. The van der Waals surface area contributed by atoms with Gasteiger partial charge in [-0.1, -0.05) is 35.5 Å². The summed E-state index contributed by atoms with van der Waals surface area (Å²) >= 11 is 0. The molecule has 1 aromatic carbocycles. The zero-order valence-electron chi connectivity index (χ0n) is 9.33. The van der Waals surface area contributed by atoms with Gasteiger partial charge in [0, 0.05) is 12.7 Å². The van der Waals surface area contributed by atoms with E-state index in [1.54, 1.807) is 0 Å². The van der Waals surface area contributed by atoms with Gasteiger partial charge in [-0.15, -0.1) is 0 Å². The summed E-state index contributed by atoms with van der Waals surface area (Å²) in [7, 11) is -3.13. The molecule has 1 heterocycles. The Morgan fingerprint density at radius 2 is 1.94 bits per heavy atom.